The topological polar surface area (TPSA) is 46.9 Å². The van der Waals surface area contributed by atoms with Gasteiger partial charge in [0.15, 0.2) is 0 Å². The molecule has 1 aliphatic carbocycles. The van der Waals surface area contributed by atoms with E-state index in [0.717, 1.165) is 24.1 Å². The molecule has 1 N–H and O–H groups in total. The standard InChI is InChI=1S/C14H14FN3O/c15-11-3-1-10(2-4-11)9-18-14(19)7-13(8-16-18)17-12-5-6-12/h1-4,7-8,12,17H,5-6,9H2. The van der Waals surface area contributed by atoms with E-state index < -0.39 is 0 Å². The molecule has 1 heterocycles. The zero-order valence-corrected chi connectivity index (χ0v) is 10.3. The predicted octanol–water partition coefficient (Wildman–Crippen LogP) is 2.00. The molecule has 0 spiro atoms. The number of nitrogens with zero attached hydrogens (tertiary/aromatic N) is 2. The Labute approximate surface area is 109 Å². The van der Waals surface area contributed by atoms with Crippen molar-refractivity contribution in [3.05, 3.63) is 58.3 Å². The molecular weight excluding hydrogens is 245 g/mol. The van der Waals surface area contributed by atoms with Gasteiger partial charge in [0.25, 0.3) is 5.56 Å². The van der Waals surface area contributed by atoms with Crippen LogP contribution in [0.4, 0.5) is 10.1 Å². The summed E-state index contributed by atoms with van der Waals surface area (Å²) in [6.45, 7) is 0.350. The average molecular weight is 259 g/mol. The Morgan fingerprint density at radius 3 is 2.68 bits per heavy atom. The number of aromatic nitrogens is 2. The van der Waals surface area contributed by atoms with Crippen LogP contribution in [0.1, 0.15) is 18.4 Å². The maximum absolute atomic E-state index is 12.8. The summed E-state index contributed by atoms with van der Waals surface area (Å²) in [5.74, 6) is -0.284. The fraction of sp³-hybridized carbons (Fsp3) is 0.286. The first-order chi connectivity index (χ1) is 9.20. The van der Waals surface area contributed by atoms with Crippen LogP contribution in [0.25, 0.3) is 0 Å². The number of hydrogen-bond donors (Lipinski definition) is 1. The maximum atomic E-state index is 12.8. The summed E-state index contributed by atoms with van der Waals surface area (Å²) in [5, 5.41) is 7.35. The second-order valence-corrected chi connectivity index (χ2v) is 4.79. The second kappa shape index (κ2) is 4.84. The van der Waals surface area contributed by atoms with Crippen LogP contribution in [-0.4, -0.2) is 15.8 Å². The number of anilines is 1. The van der Waals surface area contributed by atoms with E-state index in [1.165, 1.54) is 16.8 Å². The van der Waals surface area contributed by atoms with Gasteiger partial charge in [-0.1, -0.05) is 12.1 Å². The first-order valence-electron chi connectivity index (χ1n) is 6.29. The Morgan fingerprint density at radius 1 is 1.32 bits per heavy atom. The molecule has 1 aliphatic rings. The van der Waals surface area contributed by atoms with Gasteiger partial charge in [-0.05, 0) is 30.5 Å². The van der Waals surface area contributed by atoms with Gasteiger partial charge in [0.1, 0.15) is 5.82 Å². The van der Waals surface area contributed by atoms with Gasteiger partial charge in [-0.25, -0.2) is 9.07 Å². The van der Waals surface area contributed by atoms with Crippen molar-refractivity contribution < 1.29 is 4.39 Å². The summed E-state index contributed by atoms with van der Waals surface area (Å²) in [6.07, 6.45) is 3.96. The fourth-order valence-electron chi connectivity index (χ4n) is 1.86. The Kier molecular flexibility index (Phi) is 3.03. The zero-order valence-electron chi connectivity index (χ0n) is 10.3. The molecule has 0 atom stereocenters. The summed E-state index contributed by atoms with van der Waals surface area (Å²) in [7, 11) is 0. The molecule has 1 saturated carbocycles. The van der Waals surface area contributed by atoms with E-state index in [1.807, 2.05) is 0 Å². The monoisotopic (exact) mass is 259 g/mol. The van der Waals surface area contributed by atoms with Gasteiger partial charge in [0, 0.05) is 12.1 Å². The Bertz CT molecular complexity index is 632. The van der Waals surface area contributed by atoms with E-state index in [2.05, 4.69) is 10.4 Å². The van der Waals surface area contributed by atoms with Crippen molar-refractivity contribution >= 4 is 5.69 Å². The van der Waals surface area contributed by atoms with Crippen molar-refractivity contribution in [3.8, 4) is 0 Å². The van der Waals surface area contributed by atoms with Gasteiger partial charge < -0.3 is 5.32 Å². The van der Waals surface area contributed by atoms with Crippen LogP contribution in [0.2, 0.25) is 0 Å². The molecule has 3 rings (SSSR count). The lowest BCUT2D eigenvalue weighted by Crippen LogP contribution is -2.23. The molecule has 0 aliphatic heterocycles. The van der Waals surface area contributed by atoms with Crippen molar-refractivity contribution in [1.29, 1.82) is 0 Å². The quantitative estimate of drug-likeness (QED) is 0.913. The van der Waals surface area contributed by atoms with Gasteiger partial charge in [-0.15, -0.1) is 0 Å². The van der Waals surface area contributed by atoms with Gasteiger partial charge in [-0.2, -0.15) is 5.10 Å². The SMILES string of the molecule is O=c1cc(NC2CC2)cnn1Cc1ccc(F)cc1. The van der Waals surface area contributed by atoms with E-state index in [9.17, 15) is 9.18 Å². The van der Waals surface area contributed by atoms with Gasteiger partial charge in [-0.3, -0.25) is 4.79 Å². The molecule has 0 amide bonds. The van der Waals surface area contributed by atoms with Crippen LogP contribution in [0.5, 0.6) is 0 Å². The molecule has 4 nitrogen and oxygen atoms in total. The molecule has 1 aromatic carbocycles. The molecule has 1 fully saturated rings. The molecule has 5 heteroatoms. The summed E-state index contributed by atoms with van der Waals surface area (Å²) in [5.41, 5.74) is 1.46. The molecule has 0 saturated heterocycles. The molecule has 2 aromatic rings. The number of hydrogen-bond acceptors (Lipinski definition) is 3. The summed E-state index contributed by atoms with van der Waals surface area (Å²) in [6, 6.07) is 8.11. The highest BCUT2D eigenvalue weighted by Crippen LogP contribution is 2.23. The van der Waals surface area contributed by atoms with E-state index in [0.29, 0.717) is 12.6 Å². The minimum Gasteiger partial charge on any atom is -0.381 e. The molecule has 98 valence electrons. The van der Waals surface area contributed by atoms with E-state index >= 15 is 0 Å². The van der Waals surface area contributed by atoms with Gasteiger partial charge in [0.2, 0.25) is 0 Å². The second-order valence-electron chi connectivity index (χ2n) is 4.79. The number of rotatable bonds is 4. The number of benzene rings is 1. The molecule has 0 unspecified atom stereocenters. The lowest BCUT2D eigenvalue weighted by molar-refractivity contribution is 0.619. The number of nitrogens with one attached hydrogen (secondary N) is 1. The zero-order chi connectivity index (χ0) is 13.2. The highest BCUT2D eigenvalue weighted by molar-refractivity contribution is 5.41. The van der Waals surface area contributed by atoms with E-state index in [1.54, 1.807) is 24.4 Å². The lowest BCUT2D eigenvalue weighted by atomic mass is 10.2. The van der Waals surface area contributed by atoms with Gasteiger partial charge in [0.05, 0.1) is 18.4 Å². The third kappa shape index (κ3) is 2.99. The summed E-state index contributed by atoms with van der Waals surface area (Å²) in [4.78, 5) is 11.9. The number of halogens is 1. The van der Waals surface area contributed by atoms with Crippen molar-refractivity contribution in [3.63, 3.8) is 0 Å². The Hall–Kier alpha value is -2.17. The van der Waals surface area contributed by atoms with E-state index in [4.69, 9.17) is 0 Å². The summed E-state index contributed by atoms with van der Waals surface area (Å²) >= 11 is 0. The third-order valence-corrected chi connectivity index (χ3v) is 3.06. The molecule has 0 radical (unpaired) electrons. The molecule has 19 heavy (non-hydrogen) atoms. The van der Waals surface area contributed by atoms with Gasteiger partial charge >= 0.3 is 0 Å². The highest BCUT2D eigenvalue weighted by atomic mass is 19.1. The lowest BCUT2D eigenvalue weighted by Gasteiger charge is -2.07. The summed E-state index contributed by atoms with van der Waals surface area (Å²) < 4.78 is 14.2. The Balaban J connectivity index is 1.76. The van der Waals surface area contributed by atoms with Crippen LogP contribution in [0.15, 0.2) is 41.3 Å². The molecular formula is C14H14FN3O. The molecule has 0 bridgehead atoms. The largest absolute Gasteiger partial charge is 0.381 e. The van der Waals surface area contributed by atoms with Crippen LogP contribution in [0, 0.1) is 5.82 Å². The first-order valence-corrected chi connectivity index (χ1v) is 6.29. The first kappa shape index (κ1) is 11.9. The maximum Gasteiger partial charge on any atom is 0.269 e. The predicted molar refractivity (Wildman–Crippen MR) is 70.6 cm³/mol. The van der Waals surface area contributed by atoms with Crippen LogP contribution >= 0.6 is 0 Å². The smallest absolute Gasteiger partial charge is 0.269 e. The highest BCUT2D eigenvalue weighted by Gasteiger charge is 2.21. The van der Waals surface area contributed by atoms with Crippen molar-refractivity contribution in [2.75, 3.05) is 5.32 Å². The van der Waals surface area contributed by atoms with Crippen LogP contribution in [0.3, 0.4) is 0 Å². The Morgan fingerprint density at radius 2 is 2.05 bits per heavy atom. The van der Waals surface area contributed by atoms with Crippen LogP contribution < -0.4 is 10.9 Å². The third-order valence-electron chi connectivity index (χ3n) is 3.06. The minimum absolute atomic E-state index is 0.157. The van der Waals surface area contributed by atoms with Crippen molar-refractivity contribution in [2.24, 2.45) is 0 Å². The van der Waals surface area contributed by atoms with Crippen LogP contribution in [-0.2, 0) is 6.54 Å². The normalized spacial score (nSPS) is 14.4. The molecule has 1 aromatic heterocycles. The van der Waals surface area contributed by atoms with Crippen molar-refractivity contribution in [2.45, 2.75) is 25.4 Å². The fourth-order valence-corrected chi connectivity index (χ4v) is 1.86. The van der Waals surface area contributed by atoms with Crippen molar-refractivity contribution in [1.82, 2.24) is 9.78 Å². The van der Waals surface area contributed by atoms with E-state index in [-0.39, 0.29) is 11.4 Å². The average Bonchev–Trinajstić information content (AvgIpc) is 3.19. The minimum atomic E-state index is -0.284.